The number of carbonyl (C=O) groups is 2. The van der Waals surface area contributed by atoms with E-state index in [1.807, 2.05) is 0 Å². The average Bonchev–Trinajstić information content (AvgIpc) is 3.71. The van der Waals surface area contributed by atoms with E-state index in [0.717, 1.165) is 25.2 Å². The van der Waals surface area contributed by atoms with Gasteiger partial charge in [-0.05, 0) is 83.1 Å². The second kappa shape index (κ2) is 12.0. The monoisotopic (exact) mass is 557 g/mol. The Balaban J connectivity index is 1.43. The Labute approximate surface area is 231 Å². The summed E-state index contributed by atoms with van der Waals surface area (Å²) in [5.41, 5.74) is 0.560. The van der Waals surface area contributed by atoms with Gasteiger partial charge in [-0.3, -0.25) is 9.59 Å². The maximum atomic E-state index is 13.1. The van der Waals surface area contributed by atoms with Crippen molar-refractivity contribution in [1.29, 1.82) is 0 Å². The zero-order valence-corrected chi connectivity index (χ0v) is 24.0. The lowest BCUT2D eigenvalue weighted by Crippen LogP contribution is -2.39. The van der Waals surface area contributed by atoms with Gasteiger partial charge in [0.05, 0.1) is 4.90 Å². The minimum absolute atomic E-state index is 0.0194. The van der Waals surface area contributed by atoms with Gasteiger partial charge in [0.2, 0.25) is 10.0 Å². The topological polar surface area (TPSA) is 131 Å². The fraction of sp³-hybridized carbons (Fsp3) is 0.571. The molecule has 1 heterocycles. The van der Waals surface area contributed by atoms with Gasteiger partial charge in [0.1, 0.15) is 30.0 Å². The summed E-state index contributed by atoms with van der Waals surface area (Å²) in [6.45, 7) is 7.30. The second-order valence-electron chi connectivity index (χ2n) is 11.5. The van der Waals surface area contributed by atoms with E-state index in [-0.39, 0.29) is 10.6 Å². The summed E-state index contributed by atoms with van der Waals surface area (Å²) in [6.07, 6.45) is 9.89. The molecule has 0 saturated heterocycles. The van der Waals surface area contributed by atoms with E-state index in [0.29, 0.717) is 23.2 Å². The SMILES string of the molecule is Cc1cc(S(=O)(=O)NCC(=O)OC(C)(C)C)ccc1NC(=O)c1cc(N(CC2CC2)C2CCCCC2)ncn1. The minimum atomic E-state index is -3.95. The maximum absolute atomic E-state index is 13.1. The highest BCUT2D eigenvalue weighted by Gasteiger charge is 2.30. The number of carbonyl (C=O) groups excluding carboxylic acids is 2. The number of sulfonamides is 1. The van der Waals surface area contributed by atoms with Crippen LogP contribution in [0.4, 0.5) is 11.5 Å². The summed E-state index contributed by atoms with van der Waals surface area (Å²) in [4.78, 5) is 36.1. The summed E-state index contributed by atoms with van der Waals surface area (Å²) in [6, 6.07) is 6.54. The smallest absolute Gasteiger partial charge is 0.321 e. The summed E-state index contributed by atoms with van der Waals surface area (Å²) in [5.74, 6) is 0.406. The van der Waals surface area contributed by atoms with E-state index < -0.39 is 34.0 Å². The molecule has 212 valence electrons. The molecule has 2 saturated carbocycles. The molecule has 1 amide bonds. The lowest BCUT2D eigenvalue weighted by molar-refractivity contribution is -0.153. The largest absolute Gasteiger partial charge is 0.459 e. The molecule has 10 nitrogen and oxygen atoms in total. The first-order valence-electron chi connectivity index (χ1n) is 13.6. The van der Waals surface area contributed by atoms with Crippen molar-refractivity contribution >= 4 is 33.4 Å². The van der Waals surface area contributed by atoms with Crippen LogP contribution in [0.3, 0.4) is 0 Å². The predicted molar refractivity (Wildman–Crippen MR) is 149 cm³/mol. The van der Waals surface area contributed by atoms with E-state index in [2.05, 4.69) is 24.9 Å². The quantitative estimate of drug-likeness (QED) is 0.416. The molecule has 0 spiro atoms. The first-order chi connectivity index (χ1) is 18.4. The Morgan fingerprint density at radius 3 is 2.41 bits per heavy atom. The van der Waals surface area contributed by atoms with Crippen molar-refractivity contribution in [3.05, 3.63) is 41.9 Å². The van der Waals surface area contributed by atoms with Gasteiger partial charge in [-0.15, -0.1) is 0 Å². The normalized spacial score (nSPS) is 16.5. The Kier molecular flexibility index (Phi) is 8.90. The van der Waals surface area contributed by atoms with E-state index in [9.17, 15) is 18.0 Å². The molecule has 2 aromatic rings. The molecule has 2 fully saturated rings. The Hall–Kier alpha value is -3.05. The third-order valence-electron chi connectivity index (χ3n) is 6.93. The minimum Gasteiger partial charge on any atom is -0.459 e. The number of hydrogen-bond donors (Lipinski definition) is 2. The van der Waals surface area contributed by atoms with Gasteiger partial charge >= 0.3 is 5.97 Å². The number of rotatable bonds is 10. The predicted octanol–water partition coefficient (Wildman–Crippen LogP) is 4.21. The first-order valence-corrected chi connectivity index (χ1v) is 15.1. The fourth-order valence-electron chi connectivity index (χ4n) is 4.77. The van der Waals surface area contributed by atoms with Crippen molar-refractivity contribution in [2.45, 2.75) is 89.2 Å². The number of aryl methyl sites for hydroxylation is 1. The van der Waals surface area contributed by atoms with Crippen molar-refractivity contribution in [3.8, 4) is 0 Å². The Morgan fingerprint density at radius 2 is 1.77 bits per heavy atom. The van der Waals surface area contributed by atoms with Crippen molar-refractivity contribution in [1.82, 2.24) is 14.7 Å². The number of ether oxygens (including phenoxy) is 1. The van der Waals surface area contributed by atoms with Crippen LogP contribution in [0.25, 0.3) is 0 Å². The van der Waals surface area contributed by atoms with Gasteiger partial charge in [-0.1, -0.05) is 19.3 Å². The number of nitrogens with one attached hydrogen (secondary N) is 2. The van der Waals surface area contributed by atoms with Crippen molar-refractivity contribution < 1.29 is 22.7 Å². The van der Waals surface area contributed by atoms with Crippen LogP contribution in [-0.2, 0) is 19.6 Å². The van der Waals surface area contributed by atoms with Gasteiger partial charge in [-0.25, -0.2) is 18.4 Å². The van der Waals surface area contributed by atoms with Gasteiger partial charge in [-0.2, -0.15) is 4.72 Å². The molecule has 1 aromatic carbocycles. The Morgan fingerprint density at radius 1 is 1.05 bits per heavy atom. The summed E-state index contributed by atoms with van der Waals surface area (Å²) in [7, 11) is -3.95. The zero-order chi connectivity index (χ0) is 28.2. The zero-order valence-electron chi connectivity index (χ0n) is 23.2. The highest BCUT2D eigenvalue weighted by molar-refractivity contribution is 7.89. The van der Waals surface area contributed by atoms with Crippen LogP contribution < -0.4 is 14.9 Å². The molecule has 2 N–H and O–H groups in total. The molecule has 39 heavy (non-hydrogen) atoms. The summed E-state index contributed by atoms with van der Waals surface area (Å²) >= 11 is 0. The molecule has 0 atom stereocenters. The molecule has 1 aromatic heterocycles. The fourth-order valence-corrected chi connectivity index (χ4v) is 5.83. The number of aromatic nitrogens is 2. The highest BCUT2D eigenvalue weighted by Crippen LogP contribution is 2.34. The number of anilines is 2. The van der Waals surface area contributed by atoms with Gasteiger partial charge in [0.15, 0.2) is 0 Å². The number of benzene rings is 1. The van der Waals surface area contributed by atoms with E-state index in [1.54, 1.807) is 33.8 Å². The van der Waals surface area contributed by atoms with E-state index >= 15 is 0 Å². The third kappa shape index (κ3) is 8.22. The van der Waals surface area contributed by atoms with Crippen LogP contribution >= 0.6 is 0 Å². The molecular formula is C28H39N5O5S. The molecule has 0 aliphatic heterocycles. The third-order valence-corrected chi connectivity index (χ3v) is 8.33. The first kappa shape index (κ1) is 28.9. The van der Waals surface area contributed by atoms with Gasteiger partial charge < -0.3 is 15.0 Å². The van der Waals surface area contributed by atoms with Crippen LogP contribution in [0.2, 0.25) is 0 Å². The molecule has 11 heteroatoms. The Bertz CT molecular complexity index is 1300. The summed E-state index contributed by atoms with van der Waals surface area (Å²) < 4.78 is 32.8. The van der Waals surface area contributed by atoms with Crippen LogP contribution in [0.5, 0.6) is 0 Å². The standard InChI is InChI=1S/C28H39N5O5S/c1-19-14-22(39(36,37)31-16-26(34)38-28(2,3)4)12-13-23(19)32-27(35)24-15-25(30-18-29-24)33(17-20-10-11-20)21-8-6-5-7-9-21/h12-15,18,20-21,31H,5-11,16-17H2,1-4H3,(H,32,35). The lowest BCUT2D eigenvalue weighted by atomic mass is 9.94. The van der Waals surface area contributed by atoms with Crippen molar-refractivity contribution in [2.75, 3.05) is 23.3 Å². The second-order valence-corrected chi connectivity index (χ2v) is 13.3. The number of nitrogens with zero attached hydrogens (tertiary/aromatic N) is 3. The van der Waals surface area contributed by atoms with Crippen LogP contribution in [0.15, 0.2) is 35.5 Å². The lowest BCUT2D eigenvalue weighted by Gasteiger charge is -2.35. The molecule has 2 aliphatic carbocycles. The molecule has 0 unspecified atom stereocenters. The van der Waals surface area contributed by atoms with Crippen molar-refractivity contribution in [3.63, 3.8) is 0 Å². The molecule has 2 aliphatic rings. The van der Waals surface area contributed by atoms with Crippen LogP contribution in [0.1, 0.15) is 81.8 Å². The number of amides is 1. The number of hydrogen-bond acceptors (Lipinski definition) is 8. The average molecular weight is 558 g/mol. The van der Waals surface area contributed by atoms with Crippen molar-refractivity contribution in [2.24, 2.45) is 5.92 Å². The summed E-state index contributed by atoms with van der Waals surface area (Å²) in [5, 5.41) is 2.84. The molecule has 0 radical (unpaired) electrons. The van der Waals surface area contributed by atoms with E-state index in [1.165, 1.54) is 56.6 Å². The maximum Gasteiger partial charge on any atom is 0.321 e. The van der Waals surface area contributed by atoms with Gasteiger partial charge in [0, 0.05) is 24.3 Å². The molecule has 4 rings (SSSR count). The van der Waals surface area contributed by atoms with Crippen LogP contribution in [-0.4, -0.2) is 55.0 Å². The van der Waals surface area contributed by atoms with Gasteiger partial charge in [0.25, 0.3) is 5.91 Å². The van der Waals surface area contributed by atoms with E-state index in [4.69, 9.17) is 4.74 Å². The van der Waals surface area contributed by atoms with Crippen LogP contribution in [0, 0.1) is 12.8 Å². The molecular weight excluding hydrogens is 518 g/mol. The molecule has 0 bridgehead atoms. The highest BCUT2D eigenvalue weighted by atomic mass is 32.2. The number of esters is 1.